The number of nitrogens with one attached hydrogen (secondary N) is 1. The van der Waals surface area contributed by atoms with Gasteiger partial charge in [0.2, 0.25) is 4.38 Å². The topological polar surface area (TPSA) is 66.0 Å². The van der Waals surface area contributed by atoms with Gasteiger partial charge in [0.25, 0.3) is 0 Å². The Morgan fingerprint density at radius 2 is 1.59 bits per heavy atom. The molecule has 1 amide bonds. The van der Waals surface area contributed by atoms with E-state index in [4.69, 9.17) is 31.2 Å². The lowest BCUT2D eigenvalue weighted by molar-refractivity contribution is -0.168. The minimum Gasteiger partial charge on any atom is -0.479 e. The molecular formula is C18H34F3NO5S2. The molecule has 2 atom stereocenters. The number of carbonyl (C=O) groups excluding carboxylic acids is 1. The van der Waals surface area contributed by atoms with Gasteiger partial charge < -0.3 is 24.3 Å². The lowest BCUT2D eigenvalue weighted by atomic mass is 10.1. The first-order chi connectivity index (χ1) is 12.8. The molecule has 0 aliphatic carbocycles. The van der Waals surface area contributed by atoms with Gasteiger partial charge in [-0.1, -0.05) is 19.2 Å². The lowest BCUT2D eigenvalue weighted by Crippen LogP contribution is -2.50. The molecular weight excluding hydrogens is 431 g/mol. The highest BCUT2D eigenvalue weighted by Gasteiger charge is 2.44. The zero-order valence-electron chi connectivity index (χ0n) is 17.1. The van der Waals surface area contributed by atoms with Gasteiger partial charge >= 0.3 is 12.3 Å². The molecule has 0 rings (SSSR count). The van der Waals surface area contributed by atoms with Crippen molar-refractivity contribution in [2.75, 3.05) is 19.8 Å². The number of ether oxygens (including phenoxy) is 4. The van der Waals surface area contributed by atoms with Crippen molar-refractivity contribution in [1.29, 1.82) is 0 Å². The number of thioether (sulfide) groups is 1. The highest BCUT2D eigenvalue weighted by atomic mass is 32.2. The molecule has 2 unspecified atom stereocenters. The van der Waals surface area contributed by atoms with Gasteiger partial charge in [0.15, 0.2) is 6.29 Å². The van der Waals surface area contributed by atoms with Crippen molar-refractivity contribution in [3.8, 4) is 0 Å². The Hall–Kier alpha value is -0.780. The lowest BCUT2D eigenvalue weighted by Gasteiger charge is -2.31. The van der Waals surface area contributed by atoms with Crippen molar-refractivity contribution < 1.29 is 36.9 Å². The molecule has 0 aromatic rings. The van der Waals surface area contributed by atoms with Crippen LogP contribution in [0.3, 0.4) is 0 Å². The third-order valence-electron chi connectivity index (χ3n) is 3.03. The monoisotopic (exact) mass is 465 g/mol. The van der Waals surface area contributed by atoms with Crippen LogP contribution in [0.15, 0.2) is 0 Å². The van der Waals surface area contributed by atoms with E-state index in [0.717, 1.165) is 11.8 Å². The average molecular weight is 466 g/mol. The summed E-state index contributed by atoms with van der Waals surface area (Å²) in [6.07, 6.45) is -7.35. The number of rotatable bonds is 10. The number of amides is 1. The summed E-state index contributed by atoms with van der Waals surface area (Å²) in [5, 5.41) is 1.03. The summed E-state index contributed by atoms with van der Waals surface area (Å²) < 4.78 is 61.8. The second-order valence-electron chi connectivity index (χ2n) is 6.59. The van der Waals surface area contributed by atoms with E-state index in [-0.39, 0.29) is 31.6 Å². The number of alkyl halides is 3. The molecule has 174 valence electrons. The van der Waals surface area contributed by atoms with Gasteiger partial charge in [-0.05, 0) is 60.2 Å². The van der Waals surface area contributed by atoms with E-state index in [0.29, 0.717) is 0 Å². The van der Waals surface area contributed by atoms with Gasteiger partial charge in [-0.25, -0.2) is 4.79 Å². The average Bonchev–Trinajstić information content (AvgIpc) is 2.50. The molecule has 6 nitrogen and oxygen atoms in total. The third kappa shape index (κ3) is 14.0. The molecule has 0 aromatic heterocycles. The van der Waals surface area contributed by atoms with Crippen LogP contribution >= 0.6 is 24.0 Å². The second kappa shape index (κ2) is 14.3. The number of halogens is 3. The Kier molecular flexibility index (Phi) is 15.0. The Bertz CT molecular complexity index is 481. The number of alkyl carbamates (subject to hydrolysis) is 1. The number of carbonyl (C=O) groups is 1. The molecule has 0 aliphatic heterocycles. The van der Waals surface area contributed by atoms with Crippen LogP contribution in [0.25, 0.3) is 0 Å². The fraction of sp³-hybridized carbons (Fsp3) is 0.889. The van der Waals surface area contributed by atoms with E-state index >= 15 is 0 Å². The van der Waals surface area contributed by atoms with Crippen LogP contribution in [-0.2, 0) is 18.9 Å². The Balaban J connectivity index is 0. The van der Waals surface area contributed by atoms with Gasteiger partial charge in [-0.3, -0.25) is 0 Å². The highest BCUT2D eigenvalue weighted by molar-refractivity contribution is 8.23. The van der Waals surface area contributed by atoms with Gasteiger partial charge in [-0.15, -0.1) is 0 Å². The predicted molar refractivity (Wildman–Crippen MR) is 113 cm³/mol. The van der Waals surface area contributed by atoms with Gasteiger partial charge in [0.1, 0.15) is 11.6 Å². The molecule has 11 heteroatoms. The molecule has 1 N–H and O–H groups in total. The summed E-state index contributed by atoms with van der Waals surface area (Å²) in [5.74, 6) is 0. The minimum atomic E-state index is -4.70. The molecule has 0 saturated heterocycles. The van der Waals surface area contributed by atoms with E-state index in [1.807, 2.05) is 5.32 Å². The Labute approximate surface area is 181 Å². The maximum absolute atomic E-state index is 13.6. The maximum Gasteiger partial charge on any atom is 0.408 e. The normalized spacial score (nSPS) is 14.0. The first-order valence-electron chi connectivity index (χ1n) is 8.96. The van der Waals surface area contributed by atoms with E-state index in [2.05, 4.69) is 0 Å². The van der Waals surface area contributed by atoms with Gasteiger partial charge in [0.05, 0.1) is 11.9 Å². The number of thiocarbonyl (C=S) groups is 1. The van der Waals surface area contributed by atoms with E-state index in [9.17, 15) is 18.0 Å². The summed E-state index contributed by atoms with van der Waals surface area (Å²) in [6, 6.07) is -2.17. The van der Waals surface area contributed by atoms with Crippen molar-refractivity contribution in [2.24, 2.45) is 0 Å². The Morgan fingerprint density at radius 1 is 1.07 bits per heavy atom. The van der Waals surface area contributed by atoms with Crippen LogP contribution in [0, 0.1) is 0 Å². The summed E-state index contributed by atoms with van der Waals surface area (Å²) in [6.45, 7) is 10.6. The van der Waals surface area contributed by atoms with Crippen LogP contribution < -0.4 is 5.32 Å². The fourth-order valence-electron chi connectivity index (χ4n) is 2.04. The van der Waals surface area contributed by atoms with E-state index in [1.165, 1.54) is 0 Å². The second-order valence-corrected chi connectivity index (χ2v) is 8.44. The van der Waals surface area contributed by atoms with Crippen LogP contribution in [0.2, 0.25) is 0 Å². The third-order valence-corrected chi connectivity index (χ3v) is 4.46. The van der Waals surface area contributed by atoms with Crippen molar-refractivity contribution in [1.82, 2.24) is 5.32 Å². The molecule has 0 heterocycles. The quantitative estimate of drug-likeness (QED) is 0.347. The standard InChI is InChI=1S/C17H30F3NO5S2.CH4/c1-7-23-13(24-8-2)11(28-15(27)25-9-3)10-12(17(18,19)20)21-14(22)26-16(4,5)6;/h11-13H,7-10H2,1-6H3,(H,21,22);1H4. The summed E-state index contributed by atoms with van der Waals surface area (Å²) in [5.41, 5.74) is -0.926. The molecule has 0 bridgehead atoms. The molecule has 0 radical (unpaired) electrons. The Morgan fingerprint density at radius 3 is 1.97 bits per heavy atom. The first-order valence-corrected chi connectivity index (χ1v) is 10.3. The summed E-state index contributed by atoms with van der Waals surface area (Å²) >= 11 is 5.97. The zero-order valence-corrected chi connectivity index (χ0v) is 18.7. The maximum atomic E-state index is 13.6. The van der Waals surface area contributed by atoms with Gasteiger partial charge in [0, 0.05) is 13.2 Å². The predicted octanol–water partition coefficient (Wildman–Crippen LogP) is 5.29. The van der Waals surface area contributed by atoms with Crippen molar-refractivity contribution in [3.63, 3.8) is 0 Å². The van der Waals surface area contributed by atoms with Crippen LogP contribution in [0.4, 0.5) is 18.0 Å². The zero-order chi connectivity index (χ0) is 22.0. The SMILES string of the molecule is C.CCOC(=S)SC(CC(NC(=O)OC(C)(C)C)C(F)(F)F)C(OCC)OCC. The molecule has 0 aromatic carbocycles. The van der Waals surface area contributed by atoms with Crippen LogP contribution in [0.5, 0.6) is 0 Å². The number of hydrogen-bond acceptors (Lipinski definition) is 7. The molecule has 0 fully saturated rings. The molecule has 0 aliphatic rings. The molecule has 0 spiro atoms. The van der Waals surface area contributed by atoms with Crippen molar-refractivity contribution in [3.05, 3.63) is 0 Å². The number of hydrogen-bond donors (Lipinski definition) is 1. The summed E-state index contributed by atoms with van der Waals surface area (Å²) in [7, 11) is 0. The molecule has 0 saturated carbocycles. The van der Waals surface area contributed by atoms with Crippen molar-refractivity contribution in [2.45, 2.75) is 84.7 Å². The highest BCUT2D eigenvalue weighted by Crippen LogP contribution is 2.31. The van der Waals surface area contributed by atoms with Crippen LogP contribution in [0.1, 0.15) is 55.4 Å². The van der Waals surface area contributed by atoms with Crippen molar-refractivity contribution >= 4 is 34.5 Å². The van der Waals surface area contributed by atoms with Gasteiger partial charge in [-0.2, -0.15) is 13.2 Å². The smallest absolute Gasteiger partial charge is 0.408 e. The minimum absolute atomic E-state index is 0. The summed E-state index contributed by atoms with van der Waals surface area (Å²) in [4.78, 5) is 11.9. The molecule has 29 heavy (non-hydrogen) atoms. The van der Waals surface area contributed by atoms with E-state index in [1.54, 1.807) is 41.5 Å². The largest absolute Gasteiger partial charge is 0.479 e. The van der Waals surface area contributed by atoms with Crippen LogP contribution in [-0.4, -0.2) is 59.7 Å². The fourth-order valence-corrected chi connectivity index (χ4v) is 3.52. The first kappa shape index (κ1) is 30.4. The van der Waals surface area contributed by atoms with E-state index < -0.39 is 41.9 Å².